The lowest BCUT2D eigenvalue weighted by Crippen LogP contribution is -2.32. The van der Waals surface area contributed by atoms with Gasteiger partial charge in [0.1, 0.15) is 11.5 Å². The lowest BCUT2D eigenvalue weighted by Gasteiger charge is -2.29. The summed E-state index contributed by atoms with van der Waals surface area (Å²) in [7, 11) is -3.90. The van der Waals surface area contributed by atoms with Crippen LogP contribution >= 0.6 is 19.2 Å². The predicted molar refractivity (Wildman–Crippen MR) is 126 cm³/mol. The quantitative estimate of drug-likeness (QED) is 0.203. The molecule has 0 amide bonds. The molecule has 0 spiro atoms. The highest BCUT2D eigenvalue weighted by Gasteiger charge is 2.42. The van der Waals surface area contributed by atoms with E-state index in [0.717, 1.165) is 5.39 Å². The first-order chi connectivity index (χ1) is 16.1. The summed E-state index contributed by atoms with van der Waals surface area (Å²) >= 11 is 4.82. The van der Waals surface area contributed by atoms with Gasteiger partial charge in [0, 0.05) is 11.3 Å². The molecule has 0 saturated carbocycles. The minimum Gasteiger partial charge on any atom is -0.508 e. The summed E-state index contributed by atoms with van der Waals surface area (Å²) in [5, 5.41) is 15.2. The van der Waals surface area contributed by atoms with Crippen LogP contribution in [0.5, 0.6) is 11.5 Å². The number of hydrogen-bond acceptors (Lipinski definition) is 6. The fourth-order valence-corrected chi connectivity index (χ4v) is 5.44. The Bertz CT molecular complexity index is 1150. The lowest BCUT2D eigenvalue weighted by atomic mass is 10.0. The van der Waals surface area contributed by atoms with Crippen LogP contribution in [0.1, 0.15) is 25.2 Å². The Hall–Kier alpha value is -2.45. The van der Waals surface area contributed by atoms with Crippen molar-refractivity contribution in [1.82, 2.24) is 0 Å². The number of rotatable bonds is 11. The number of anilines is 1. The summed E-state index contributed by atoms with van der Waals surface area (Å²) in [5.41, 5.74) is -2.40. The van der Waals surface area contributed by atoms with Gasteiger partial charge in [0.25, 0.3) is 5.63 Å². The van der Waals surface area contributed by atoms with Gasteiger partial charge in [-0.2, -0.15) is 8.78 Å². The fourth-order valence-electron chi connectivity index (χ4n) is 3.41. The van der Waals surface area contributed by atoms with Crippen LogP contribution in [0.3, 0.4) is 0 Å². The lowest BCUT2D eigenvalue weighted by molar-refractivity contribution is -0.199. The van der Waals surface area contributed by atoms with E-state index < -0.39 is 25.1 Å². The maximum Gasteiger partial charge on any atom is 0.444 e. The first-order valence-electron chi connectivity index (χ1n) is 10.4. The third-order valence-electron chi connectivity index (χ3n) is 4.82. The number of phenols is 1. The SMILES string of the molecule is CCOP(=O)(OCC)C(Nc1ccc(OC(F)(F)C(F)Cl)cc1)c1c(O)ccc2ccccc12. The summed E-state index contributed by atoms with van der Waals surface area (Å²) in [6, 6.07) is 15.5. The van der Waals surface area contributed by atoms with Crippen LogP contribution in [0, 0.1) is 0 Å². The summed E-state index contributed by atoms with van der Waals surface area (Å²) in [6.07, 6.45) is -4.21. The molecular weight excluding hydrogens is 494 g/mol. The molecule has 34 heavy (non-hydrogen) atoms. The molecule has 0 aliphatic heterocycles. The first-order valence-corrected chi connectivity index (χ1v) is 12.5. The number of nitrogens with one attached hydrogen (secondary N) is 1. The Morgan fingerprint density at radius 3 is 2.24 bits per heavy atom. The maximum atomic E-state index is 13.8. The van der Waals surface area contributed by atoms with Crippen LogP contribution in [0.15, 0.2) is 60.7 Å². The zero-order chi connectivity index (χ0) is 24.9. The minimum atomic E-state index is -4.21. The summed E-state index contributed by atoms with van der Waals surface area (Å²) in [6.45, 7) is 3.47. The number of hydrogen-bond donors (Lipinski definition) is 2. The van der Waals surface area contributed by atoms with E-state index in [4.69, 9.17) is 20.6 Å². The average Bonchev–Trinajstić information content (AvgIpc) is 2.79. The van der Waals surface area contributed by atoms with E-state index in [1.54, 1.807) is 32.0 Å². The summed E-state index contributed by atoms with van der Waals surface area (Å²) in [5.74, 6) is -1.61. The van der Waals surface area contributed by atoms with E-state index in [1.165, 1.54) is 30.3 Å². The smallest absolute Gasteiger partial charge is 0.444 e. The zero-order valence-electron chi connectivity index (χ0n) is 18.4. The summed E-state index contributed by atoms with van der Waals surface area (Å²) in [4.78, 5) is 0. The molecule has 3 aromatic carbocycles. The second kappa shape index (κ2) is 10.9. The summed E-state index contributed by atoms with van der Waals surface area (Å²) < 4.78 is 69.0. The molecule has 6 nitrogen and oxygen atoms in total. The molecule has 0 aliphatic rings. The van der Waals surface area contributed by atoms with E-state index in [9.17, 15) is 22.8 Å². The molecule has 0 bridgehead atoms. The van der Waals surface area contributed by atoms with Crippen LogP contribution in [0.25, 0.3) is 10.8 Å². The molecule has 0 fully saturated rings. The van der Waals surface area contributed by atoms with E-state index in [1.807, 2.05) is 12.1 Å². The standard InChI is InChI=1S/C23H24ClF3NO5P/c1-3-31-34(30,32-4-2)21(20-18-8-6-5-7-15(18)9-14-19(20)29)28-16-10-12-17(13-11-16)33-23(26,27)22(24)25/h5-14,21-22,28-29H,3-4H2,1-2H3. The van der Waals surface area contributed by atoms with Crippen LogP contribution in [0.4, 0.5) is 18.9 Å². The van der Waals surface area contributed by atoms with Crippen molar-refractivity contribution in [2.24, 2.45) is 0 Å². The minimum absolute atomic E-state index is 0.0751. The Balaban J connectivity index is 2.05. The van der Waals surface area contributed by atoms with Crippen molar-refractivity contribution in [3.8, 4) is 11.5 Å². The Kier molecular flexibility index (Phi) is 8.36. The number of ether oxygens (including phenoxy) is 1. The van der Waals surface area contributed by atoms with Gasteiger partial charge < -0.3 is 24.2 Å². The molecule has 0 aliphatic carbocycles. The van der Waals surface area contributed by atoms with Crippen LogP contribution in [-0.4, -0.2) is 30.1 Å². The van der Waals surface area contributed by atoms with Gasteiger partial charge in [-0.1, -0.05) is 41.9 Å². The first kappa shape index (κ1) is 26.2. The molecule has 2 unspecified atom stereocenters. The Labute approximate surface area is 200 Å². The molecule has 0 aromatic heterocycles. The molecule has 3 rings (SSSR count). The maximum absolute atomic E-state index is 13.8. The number of alkyl halides is 4. The number of benzene rings is 3. The normalized spacial score (nSPS) is 14.1. The Morgan fingerprint density at radius 2 is 1.65 bits per heavy atom. The van der Waals surface area contributed by atoms with Gasteiger partial charge in [-0.3, -0.25) is 4.57 Å². The highest BCUT2D eigenvalue weighted by Crippen LogP contribution is 2.62. The monoisotopic (exact) mass is 517 g/mol. The zero-order valence-corrected chi connectivity index (χ0v) is 20.0. The second-order valence-electron chi connectivity index (χ2n) is 7.13. The highest BCUT2D eigenvalue weighted by atomic mass is 35.5. The van der Waals surface area contributed by atoms with Crippen molar-refractivity contribution in [1.29, 1.82) is 0 Å². The van der Waals surface area contributed by atoms with E-state index >= 15 is 0 Å². The van der Waals surface area contributed by atoms with Crippen molar-refractivity contribution in [2.45, 2.75) is 31.4 Å². The van der Waals surface area contributed by atoms with E-state index in [2.05, 4.69) is 10.1 Å². The predicted octanol–water partition coefficient (Wildman–Crippen LogP) is 7.43. The fraction of sp³-hybridized carbons (Fsp3) is 0.304. The highest BCUT2D eigenvalue weighted by molar-refractivity contribution is 7.54. The topological polar surface area (TPSA) is 77.0 Å². The van der Waals surface area contributed by atoms with Crippen molar-refractivity contribution in [3.63, 3.8) is 0 Å². The number of phenolic OH excluding ortho intramolecular Hbond substituents is 1. The van der Waals surface area contributed by atoms with Crippen molar-refractivity contribution in [3.05, 3.63) is 66.2 Å². The number of aromatic hydroxyl groups is 1. The van der Waals surface area contributed by atoms with Gasteiger partial charge in [0.15, 0.2) is 5.78 Å². The third-order valence-corrected chi connectivity index (χ3v) is 7.33. The van der Waals surface area contributed by atoms with Crippen LogP contribution in [0.2, 0.25) is 0 Å². The molecule has 11 heteroatoms. The van der Waals surface area contributed by atoms with Gasteiger partial charge in [0.2, 0.25) is 0 Å². The number of halogens is 4. The van der Waals surface area contributed by atoms with Crippen molar-refractivity contribution >= 4 is 35.7 Å². The van der Waals surface area contributed by atoms with Gasteiger partial charge >= 0.3 is 13.7 Å². The molecule has 184 valence electrons. The van der Waals surface area contributed by atoms with Gasteiger partial charge in [0.05, 0.1) is 13.2 Å². The average molecular weight is 518 g/mol. The third kappa shape index (κ3) is 5.78. The van der Waals surface area contributed by atoms with Gasteiger partial charge in [-0.15, -0.1) is 0 Å². The Morgan fingerprint density at radius 1 is 1.03 bits per heavy atom. The molecule has 2 N–H and O–H groups in total. The molecule has 0 heterocycles. The number of fused-ring (bicyclic) bond motifs is 1. The molecule has 2 atom stereocenters. The molecule has 3 aromatic rings. The van der Waals surface area contributed by atoms with E-state index in [-0.39, 0.29) is 30.3 Å². The molecular formula is C23H24ClF3NO5P. The van der Waals surface area contributed by atoms with Crippen molar-refractivity contribution in [2.75, 3.05) is 18.5 Å². The second-order valence-corrected chi connectivity index (χ2v) is 9.63. The largest absolute Gasteiger partial charge is 0.508 e. The van der Waals surface area contributed by atoms with Crippen LogP contribution < -0.4 is 10.1 Å². The molecule has 0 radical (unpaired) electrons. The molecule has 0 saturated heterocycles. The van der Waals surface area contributed by atoms with Gasteiger partial charge in [-0.25, -0.2) is 4.39 Å². The van der Waals surface area contributed by atoms with E-state index in [0.29, 0.717) is 11.1 Å². The van der Waals surface area contributed by atoms with Crippen molar-refractivity contribution < 1.29 is 36.6 Å². The van der Waals surface area contributed by atoms with Crippen LogP contribution in [-0.2, 0) is 13.6 Å². The van der Waals surface area contributed by atoms with Gasteiger partial charge in [-0.05, 0) is 55.0 Å².